The van der Waals surface area contributed by atoms with Gasteiger partial charge in [0.25, 0.3) is 0 Å². The molecule has 122 valence electrons. The van der Waals surface area contributed by atoms with Gasteiger partial charge < -0.3 is 4.98 Å². The number of H-pyrrole nitrogens is 1. The van der Waals surface area contributed by atoms with E-state index in [0.717, 1.165) is 22.3 Å². The van der Waals surface area contributed by atoms with Gasteiger partial charge in [-0.2, -0.15) is 0 Å². The lowest BCUT2D eigenvalue weighted by molar-refractivity contribution is 0.687. The molecule has 0 bridgehead atoms. The predicted molar refractivity (Wildman–Crippen MR) is 102 cm³/mol. The SMILES string of the molecule is Clc1ccc(/C(=C\C2CCCC2)c2cc3cccnc3[nH]2)cc1Cl. The topological polar surface area (TPSA) is 28.7 Å². The van der Waals surface area contributed by atoms with Crippen molar-refractivity contribution < 1.29 is 0 Å². The Balaban J connectivity index is 1.84. The summed E-state index contributed by atoms with van der Waals surface area (Å²) in [5.74, 6) is 0.619. The van der Waals surface area contributed by atoms with E-state index in [-0.39, 0.29) is 0 Å². The van der Waals surface area contributed by atoms with Crippen LogP contribution in [0.2, 0.25) is 10.0 Å². The van der Waals surface area contributed by atoms with Gasteiger partial charge in [0, 0.05) is 22.9 Å². The quantitative estimate of drug-likeness (QED) is 0.570. The molecule has 1 saturated carbocycles. The average molecular weight is 357 g/mol. The van der Waals surface area contributed by atoms with Crippen molar-refractivity contribution in [2.45, 2.75) is 25.7 Å². The van der Waals surface area contributed by atoms with E-state index in [4.69, 9.17) is 23.2 Å². The zero-order valence-corrected chi connectivity index (χ0v) is 14.7. The highest BCUT2D eigenvalue weighted by atomic mass is 35.5. The van der Waals surface area contributed by atoms with Crippen LogP contribution in [-0.2, 0) is 0 Å². The fraction of sp³-hybridized carbons (Fsp3) is 0.250. The van der Waals surface area contributed by atoms with Gasteiger partial charge in [0.2, 0.25) is 0 Å². The van der Waals surface area contributed by atoms with Gasteiger partial charge in [-0.15, -0.1) is 0 Å². The smallest absolute Gasteiger partial charge is 0.137 e. The molecule has 1 fully saturated rings. The van der Waals surface area contributed by atoms with Crippen LogP contribution >= 0.6 is 23.2 Å². The third kappa shape index (κ3) is 3.09. The van der Waals surface area contributed by atoms with Crippen molar-refractivity contribution >= 4 is 39.8 Å². The second kappa shape index (κ2) is 6.62. The summed E-state index contributed by atoms with van der Waals surface area (Å²) in [5.41, 5.74) is 4.25. The van der Waals surface area contributed by atoms with Crippen molar-refractivity contribution in [2.24, 2.45) is 5.92 Å². The Morgan fingerprint density at radius 2 is 1.92 bits per heavy atom. The number of allylic oxidation sites excluding steroid dienone is 1. The predicted octanol–water partition coefficient (Wildman–Crippen LogP) is 6.49. The monoisotopic (exact) mass is 356 g/mol. The van der Waals surface area contributed by atoms with Crippen molar-refractivity contribution in [1.82, 2.24) is 9.97 Å². The summed E-state index contributed by atoms with van der Waals surface area (Å²) in [6.07, 6.45) is 9.32. The van der Waals surface area contributed by atoms with Gasteiger partial charge in [0.05, 0.1) is 10.0 Å². The molecule has 0 unspecified atom stereocenters. The Labute approximate surface area is 151 Å². The summed E-state index contributed by atoms with van der Waals surface area (Å²) < 4.78 is 0. The van der Waals surface area contributed by atoms with Crippen LogP contribution in [0.15, 0.2) is 48.7 Å². The van der Waals surface area contributed by atoms with Crippen LogP contribution in [0.3, 0.4) is 0 Å². The highest BCUT2D eigenvalue weighted by Gasteiger charge is 2.17. The van der Waals surface area contributed by atoms with Crippen LogP contribution in [-0.4, -0.2) is 9.97 Å². The first kappa shape index (κ1) is 15.7. The minimum atomic E-state index is 0.582. The number of halogens is 2. The van der Waals surface area contributed by atoms with Gasteiger partial charge in [-0.1, -0.05) is 48.2 Å². The number of aromatic amines is 1. The van der Waals surface area contributed by atoms with Crippen LogP contribution in [0, 0.1) is 5.92 Å². The maximum absolute atomic E-state index is 6.26. The molecular formula is C20H18Cl2N2. The van der Waals surface area contributed by atoms with Crippen molar-refractivity contribution in [3.05, 3.63) is 70.0 Å². The van der Waals surface area contributed by atoms with Crippen LogP contribution in [0.1, 0.15) is 36.9 Å². The molecule has 2 nitrogen and oxygen atoms in total. The van der Waals surface area contributed by atoms with Gasteiger partial charge in [0.15, 0.2) is 0 Å². The van der Waals surface area contributed by atoms with E-state index in [0.29, 0.717) is 16.0 Å². The van der Waals surface area contributed by atoms with Crippen molar-refractivity contribution in [1.29, 1.82) is 0 Å². The van der Waals surface area contributed by atoms with Crippen LogP contribution < -0.4 is 0 Å². The molecule has 1 aliphatic carbocycles. The van der Waals surface area contributed by atoms with E-state index in [1.807, 2.05) is 30.5 Å². The molecule has 2 heterocycles. The fourth-order valence-corrected chi connectivity index (χ4v) is 3.77. The number of aromatic nitrogens is 2. The second-order valence-corrected chi connectivity index (χ2v) is 7.19. The van der Waals surface area contributed by atoms with E-state index in [2.05, 4.69) is 28.2 Å². The van der Waals surface area contributed by atoms with Crippen molar-refractivity contribution in [3.63, 3.8) is 0 Å². The molecule has 24 heavy (non-hydrogen) atoms. The van der Waals surface area contributed by atoms with E-state index >= 15 is 0 Å². The van der Waals surface area contributed by atoms with Crippen LogP contribution in [0.4, 0.5) is 0 Å². The number of hydrogen-bond donors (Lipinski definition) is 1. The molecule has 2 aromatic heterocycles. The average Bonchev–Trinajstić information content (AvgIpc) is 3.24. The molecule has 3 aromatic rings. The first-order chi connectivity index (χ1) is 11.7. The Kier molecular flexibility index (Phi) is 4.34. The fourth-order valence-electron chi connectivity index (χ4n) is 3.47. The standard InChI is InChI=1S/C20H18Cl2N2/c21-17-8-7-14(11-18(17)22)16(10-13-4-1-2-5-13)19-12-15-6-3-9-23-20(15)24-19/h3,6-13H,1-2,4-5H2,(H,23,24)/b16-10+. The number of rotatable bonds is 3. The molecule has 1 aromatic carbocycles. The van der Waals surface area contributed by atoms with E-state index in [9.17, 15) is 0 Å². The molecule has 4 heteroatoms. The Morgan fingerprint density at radius 1 is 1.08 bits per heavy atom. The Hall–Kier alpha value is -1.77. The highest BCUT2D eigenvalue weighted by Crippen LogP contribution is 2.34. The Bertz CT molecular complexity index is 872. The summed E-state index contributed by atoms with van der Waals surface area (Å²) in [6.45, 7) is 0. The van der Waals surface area contributed by atoms with E-state index in [1.165, 1.54) is 31.3 Å². The highest BCUT2D eigenvalue weighted by molar-refractivity contribution is 6.42. The number of fused-ring (bicyclic) bond motifs is 1. The number of nitrogens with one attached hydrogen (secondary N) is 1. The molecule has 0 aliphatic heterocycles. The van der Waals surface area contributed by atoms with Crippen LogP contribution in [0.25, 0.3) is 16.6 Å². The van der Waals surface area contributed by atoms with Gasteiger partial charge in [0.1, 0.15) is 5.65 Å². The molecule has 0 saturated heterocycles. The van der Waals surface area contributed by atoms with E-state index < -0.39 is 0 Å². The maximum Gasteiger partial charge on any atom is 0.137 e. The summed E-state index contributed by atoms with van der Waals surface area (Å²) in [5, 5.41) is 2.28. The van der Waals surface area contributed by atoms with Crippen molar-refractivity contribution in [3.8, 4) is 0 Å². The third-order valence-electron chi connectivity index (χ3n) is 4.71. The molecule has 0 radical (unpaired) electrons. The number of benzene rings is 1. The normalized spacial score (nSPS) is 16.2. The second-order valence-electron chi connectivity index (χ2n) is 6.38. The summed E-state index contributed by atoms with van der Waals surface area (Å²) >= 11 is 12.4. The minimum absolute atomic E-state index is 0.582. The number of nitrogens with zero attached hydrogens (tertiary/aromatic N) is 1. The first-order valence-electron chi connectivity index (χ1n) is 8.32. The van der Waals surface area contributed by atoms with Gasteiger partial charge in [-0.25, -0.2) is 4.98 Å². The number of hydrogen-bond acceptors (Lipinski definition) is 1. The van der Waals surface area contributed by atoms with Gasteiger partial charge in [-0.05, 0) is 54.7 Å². The summed E-state index contributed by atoms with van der Waals surface area (Å²) in [7, 11) is 0. The molecule has 1 N–H and O–H groups in total. The third-order valence-corrected chi connectivity index (χ3v) is 5.45. The summed E-state index contributed by atoms with van der Waals surface area (Å²) in [4.78, 5) is 7.86. The molecule has 0 amide bonds. The molecule has 4 rings (SSSR count). The molecule has 0 atom stereocenters. The largest absolute Gasteiger partial charge is 0.339 e. The Morgan fingerprint density at radius 3 is 2.67 bits per heavy atom. The van der Waals surface area contributed by atoms with Gasteiger partial charge >= 0.3 is 0 Å². The lowest BCUT2D eigenvalue weighted by atomic mass is 9.96. The van der Waals surface area contributed by atoms with E-state index in [1.54, 1.807) is 0 Å². The minimum Gasteiger partial charge on any atom is -0.339 e. The van der Waals surface area contributed by atoms with Gasteiger partial charge in [-0.3, -0.25) is 0 Å². The molecule has 0 spiro atoms. The lowest BCUT2D eigenvalue weighted by Crippen LogP contribution is -1.94. The molecule has 1 aliphatic rings. The van der Waals surface area contributed by atoms with Crippen molar-refractivity contribution in [2.75, 3.05) is 0 Å². The first-order valence-corrected chi connectivity index (χ1v) is 9.07. The zero-order chi connectivity index (χ0) is 16.5. The summed E-state index contributed by atoms with van der Waals surface area (Å²) in [6, 6.07) is 12.0. The molecular weight excluding hydrogens is 339 g/mol. The lowest BCUT2D eigenvalue weighted by Gasteiger charge is -2.11. The van der Waals surface area contributed by atoms with Crippen LogP contribution in [0.5, 0.6) is 0 Å². The number of pyridine rings is 1. The maximum atomic E-state index is 6.26. The zero-order valence-electron chi connectivity index (χ0n) is 13.2.